The van der Waals surface area contributed by atoms with E-state index in [0.29, 0.717) is 5.15 Å². The monoisotopic (exact) mass is 208 g/mol. The molecule has 2 rings (SSSR count). The van der Waals surface area contributed by atoms with Crippen molar-refractivity contribution in [3.63, 3.8) is 0 Å². The quantitative estimate of drug-likeness (QED) is 0.710. The summed E-state index contributed by atoms with van der Waals surface area (Å²) in [6.07, 6.45) is 3.19. The summed E-state index contributed by atoms with van der Waals surface area (Å²) in [5.74, 6) is 0. The number of hydrogen-bond donors (Lipinski definition) is 0. The van der Waals surface area contributed by atoms with Crippen molar-refractivity contribution in [2.75, 3.05) is 0 Å². The van der Waals surface area contributed by atoms with Gasteiger partial charge in [-0.25, -0.2) is 9.97 Å². The average molecular weight is 209 g/mol. The van der Waals surface area contributed by atoms with Crippen molar-refractivity contribution in [1.82, 2.24) is 19.7 Å². The van der Waals surface area contributed by atoms with E-state index in [4.69, 9.17) is 11.6 Å². The van der Waals surface area contributed by atoms with Gasteiger partial charge >= 0.3 is 0 Å². The van der Waals surface area contributed by atoms with Gasteiger partial charge in [-0.1, -0.05) is 11.6 Å². The molecule has 2 aromatic heterocycles. The van der Waals surface area contributed by atoms with Crippen molar-refractivity contribution in [3.8, 4) is 11.4 Å². The molecule has 0 saturated carbocycles. The fourth-order valence-electron chi connectivity index (χ4n) is 1.28. The smallest absolute Gasteiger partial charge is 0.133 e. The standard InChI is InChI=1S/C9H9ClN4/c1-2-14-8(3-4-13-14)7-5-9(10)12-6-11-7/h3-6H,2H2,1H3. The van der Waals surface area contributed by atoms with Crippen LogP contribution >= 0.6 is 11.6 Å². The summed E-state index contributed by atoms with van der Waals surface area (Å²) in [5.41, 5.74) is 1.75. The molecule has 72 valence electrons. The highest BCUT2D eigenvalue weighted by atomic mass is 35.5. The van der Waals surface area contributed by atoms with Gasteiger partial charge in [-0.05, 0) is 13.0 Å². The molecule has 5 heteroatoms. The summed E-state index contributed by atoms with van der Waals surface area (Å²) < 4.78 is 1.86. The molecule has 0 amide bonds. The lowest BCUT2D eigenvalue weighted by Gasteiger charge is -2.03. The van der Waals surface area contributed by atoms with Crippen LogP contribution in [-0.4, -0.2) is 19.7 Å². The van der Waals surface area contributed by atoms with Gasteiger partial charge in [-0.2, -0.15) is 5.10 Å². The van der Waals surface area contributed by atoms with Crippen LogP contribution in [0.2, 0.25) is 5.15 Å². The van der Waals surface area contributed by atoms with Crippen molar-refractivity contribution >= 4 is 11.6 Å². The second-order valence-electron chi connectivity index (χ2n) is 2.76. The number of hydrogen-bond acceptors (Lipinski definition) is 3. The van der Waals surface area contributed by atoms with Crippen LogP contribution in [-0.2, 0) is 6.54 Å². The van der Waals surface area contributed by atoms with Gasteiger partial charge in [0.05, 0.1) is 11.4 Å². The zero-order valence-corrected chi connectivity index (χ0v) is 8.44. The molecule has 0 saturated heterocycles. The molecule has 0 bridgehead atoms. The van der Waals surface area contributed by atoms with Crippen molar-refractivity contribution < 1.29 is 0 Å². The molecular formula is C9H9ClN4. The summed E-state index contributed by atoms with van der Waals surface area (Å²) in [4.78, 5) is 7.96. The fourth-order valence-corrected chi connectivity index (χ4v) is 1.42. The minimum absolute atomic E-state index is 0.443. The lowest BCUT2D eigenvalue weighted by atomic mass is 10.3. The first-order chi connectivity index (χ1) is 6.81. The summed E-state index contributed by atoms with van der Waals surface area (Å²) >= 11 is 5.78. The van der Waals surface area contributed by atoms with Gasteiger partial charge in [-0.15, -0.1) is 0 Å². The van der Waals surface area contributed by atoms with Crippen LogP contribution < -0.4 is 0 Å². The molecule has 0 fully saturated rings. The van der Waals surface area contributed by atoms with Crippen LogP contribution in [0.15, 0.2) is 24.7 Å². The summed E-state index contributed by atoms with van der Waals surface area (Å²) in [5, 5.41) is 4.60. The zero-order chi connectivity index (χ0) is 9.97. The van der Waals surface area contributed by atoms with Gasteiger partial charge in [0.2, 0.25) is 0 Å². The van der Waals surface area contributed by atoms with Gasteiger partial charge < -0.3 is 0 Å². The van der Waals surface area contributed by atoms with E-state index in [1.165, 1.54) is 6.33 Å². The average Bonchev–Trinajstić information content (AvgIpc) is 2.65. The van der Waals surface area contributed by atoms with E-state index >= 15 is 0 Å². The maximum atomic E-state index is 5.78. The normalized spacial score (nSPS) is 10.4. The molecule has 14 heavy (non-hydrogen) atoms. The molecule has 0 spiro atoms. The van der Waals surface area contributed by atoms with E-state index in [-0.39, 0.29) is 0 Å². The predicted octanol–water partition coefficient (Wildman–Crippen LogP) is 2.01. The first-order valence-electron chi connectivity index (χ1n) is 4.31. The van der Waals surface area contributed by atoms with Crippen LogP contribution in [0, 0.1) is 0 Å². The van der Waals surface area contributed by atoms with Crippen molar-refractivity contribution in [3.05, 3.63) is 29.8 Å². The molecule has 0 unspecified atom stereocenters. The molecule has 0 aromatic carbocycles. The van der Waals surface area contributed by atoms with E-state index in [9.17, 15) is 0 Å². The van der Waals surface area contributed by atoms with Gasteiger partial charge in [0.25, 0.3) is 0 Å². The maximum Gasteiger partial charge on any atom is 0.133 e. The third kappa shape index (κ3) is 1.61. The Labute approximate surface area is 86.6 Å². The topological polar surface area (TPSA) is 43.6 Å². The zero-order valence-electron chi connectivity index (χ0n) is 7.68. The molecule has 2 heterocycles. The van der Waals surface area contributed by atoms with Gasteiger partial charge in [0, 0.05) is 18.8 Å². The Morgan fingerprint density at radius 3 is 3.00 bits per heavy atom. The minimum Gasteiger partial charge on any atom is -0.264 e. The lowest BCUT2D eigenvalue weighted by molar-refractivity contribution is 0.665. The molecule has 0 aliphatic rings. The SMILES string of the molecule is CCn1nccc1-c1cc(Cl)ncn1. The lowest BCUT2D eigenvalue weighted by Crippen LogP contribution is -1.99. The van der Waals surface area contributed by atoms with E-state index < -0.39 is 0 Å². The molecule has 0 radical (unpaired) electrons. The largest absolute Gasteiger partial charge is 0.264 e. The number of rotatable bonds is 2. The van der Waals surface area contributed by atoms with Gasteiger partial charge in [0.1, 0.15) is 11.5 Å². The third-order valence-electron chi connectivity index (χ3n) is 1.91. The first-order valence-corrected chi connectivity index (χ1v) is 4.69. The molecule has 2 aromatic rings. The molecule has 4 nitrogen and oxygen atoms in total. The second-order valence-corrected chi connectivity index (χ2v) is 3.15. The van der Waals surface area contributed by atoms with Crippen LogP contribution in [0.3, 0.4) is 0 Å². The predicted molar refractivity (Wildman–Crippen MR) is 53.9 cm³/mol. The van der Waals surface area contributed by atoms with E-state index in [2.05, 4.69) is 15.1 Å². The summed E-state index contributed by atoms with van der Waals surface area (Å²) in [6.45, 7) is 2.84. The second kappa shape index (κ2) is 3.75. The number of aryl methyl sites for hydroxylation is 1. The number of halogens is 1. The van der Waals surface area contributed by atoms with E-state index in [1.54, 1.807) is 12.3 Å². The Kier molecular flexibility index (Phi) is 2.45. The molecule has 0 N–H and O–H groups in total. The Balaban J connectivity index is 2.49. The van der Waals surface area contributed by atoms with E-state index in [1.807, 2.05) is 17.7 Å². The molecular weight excluding hydrogens is 200 g/mol. The van der Waals surface area contributed by atoms with Crippen LogP contribution in [0.4, 0.5) is 0 Å². The Morgan fingerprint density at radius 2 is 2.29 bits per heavy atom. The van der Waals surface area contributed by atoms with Crippen molar-refractivity contribution in [1.29, 1.82) is 0 Å². The Hall–Kier alpha value is -1.42. The molecule has 0 atom stereocenters. The van der Waals surface area contributed by atoms with Gasteiger partial charge in [0.15, 0.2) is 0 Å². The van der Waals surface area contributed by atoms with Gasteiger partial charge in [-0.3, -0.25) is 4.68 Å². The summed E-state index contributed by atoms with van der Waals surface area (Å²) in [7, 11) is 0. The molecule has 0 aliphatic heterocycles. The van der Waals surface area contributed by atoms with Crippen LogP contribution in [0.5, 0.6) is 0 Å². The van der Waals surface area contributed by atoms with Crippen molar-refractivity contribution in [2.24, 2.45) is 0 Å². The van der Waals surface area contributed by atoms with E-state index in [0.717, 1.165) is 17.9 Å². The number of aromatic nitrogens is 4. The highest BCUT2D eigenvalue weighted by Crippen LogP contribution is 2.17. The minimum atomic E-state index is 0.443. The molecule has 0 aliphatic carbocycles. The highest BCUT2D eigenvalue weighted by molar-refractivity contribution is 6.29. The third-order valence-corrected chi connectivity index (χ3v) is 2.12. The van der Waals surface area contributed by atoms with Crippen LogP contribution in [0.25, 0.3) is 11.4 Å². The number of nitrogens with zero attached hydrogens (tertiary/aromatic N) is 4. The Morgan fingerprint density at radius 1 is 1.43 bits per heavy atom. The van der Waals surface area contributed by atoms with Crippen LogP contribution in [0.1, 0.15) is 6.92 Å². The summed E-state index contributed by atoms with van der Waals surface area (Å²) in [6, 6.07) is 3.63. The Bertz CT molecular complexity index is 438. The maximum absolute atomic E-state index is 5.78. The fraction of sp³-hybridized carbons (Fsp3) is 0.222. The van der Waals surface area contributed by atoms with Crippen molar-refractivity contribution in [2.45, 2.75) is 13.5 Å². The first kappa shape index (κ1) is 9.15. The highest BCUT2D eigenvalue weighted by Gasteiger charge is 2.05.